The number of nitrogens with one attached hydrogen (secondary N) is 1. The number of ether oxygens (including phenoxy) is 1. The second kappa shape index (κ2) is 6.26. The van der Waals surface area contributed by atoms with Gasteiger partial charge in [-0.2, -0.15) is 0 Å². The lowest BCUT2D eigenvalue weighted by molar-refractivity contribution is 0.0430. The van der Waals surface area contributed by atoms with Crippen LogP contribution in [0.4, 0.5) is 5.69 Å². The molecule has 0 saturated carbocycles. The molecule has 2 atom stereocenters. The predicted octanol–water partition coefficient (Wildman–Crippen LogP) is 4.26. The monoisotopic (exact) mass is 392 g/mol. The first kappa shape index (κ1) is 15.2. The van der Waals surface area contributed by atoms with Crippen molar-refractivity contribution in [1.82, 2.24) is 4.90 Å². The zero-order chi connectivity index (χ0) is 15.8. The van der Waals surface area contributed by atoms with Crippen LogP contribution in [-0.2, 0) is 4.74 Å². The Bertz CT molecular complexity index is 727. The van der Waals surface area contributed by atoms with Gasteiger partial charge in [-0.1, -0.05) is 12.1 Å². The molecule has 4 rings (SSSR count). The molecule has 0 unspecified atom stereocenters. The quantitative estimate of drug-likeness (QED) is 0.848. The zero-order valence-electron chi connectivity index (χ0n) is 12.5. The van der Waals surface area contributed by atoms with E-state index in [9.17, 15) is 4.79 Å². The van der Waals surface area contributed by atoms with Gasteiger partial charge in [0.05, 0.1) is 11.7 Å². The molecule has 1 amide bonds. The first-order valence-electron chi connectivity index (χ1n) is 7.74. The van der Waals surface area contributed by atoms with Gasteiger partial charge < -0.3 is 15.0 Å². The number of fused-ring (bicyclic) bond motifs is 1. The number of hydrogen-bond donors (Lipinski definition) is 1. The first-order valence-corrected chi connectivity index (χ1v) is 9.42. The highest BCUT2D eigenvalue weighted by atomic mass is 79.9. The second-order valence-electron chi connectivity index (χ2n) is 5.85. The fourth-order valence-electron chi connectivity index (χ4n) is 3.19. The third kappa shape index (κ3) is 2.91. The Labute approximate surface area is 147 Å². The average Bonchev–Trinajstić information content (AvgIpc) is 3.21. The van der Waals surface area contributed by atoms with Crippen LogP contribution in [0.15, 0.2) is 40.2 Å². The summed E-state index contributed by atoms with van der Waals surface area (Å²) >= 11 is 5.16. The summed E-state index contributed by atoms with van der Waals surface area (Å²) in [5.74, 6) is 0.0735. The minimum absolute atomic E-state index is 0.0735. The van der Waals surface area contributed by atoms with Crippen molar-refractivity contribution in [3.63, 3.8) is 0 Å². The predicted molar refractivity (Wildman–Crippen MR) is 94.8 cm³/mol. The molecule has 0 aliphatic carbocycles. The van der Waals surface area contributed by atoms with Crippen molar-refractivity contribution in [3.05, 3.63) is 50.6 Å². The number of benzene rings is 1. The minimum Gasteiger partial charge on any atom is -0.376 e. The van der Waals surface area contributed by atoms with Crippen LogP contribution >= 0.6 is 27.3 Å². The second-order valence-corrected chi connectivity index (χ2v) is 7.71. The highest BCUT2D eigenvalue weighted by Crippen LogP contribution is 2.37. The molecule has 4 nitrogen and oxygen atoms in total. The summed E-state index contributed by atoms with van der Waals surface area (Å²) < 4.78 is 6.80. The van der Waals surface area contributed by atoms with E-state index < -0.39 is 0 Å². The fourth-order valence-corrected chi connectivity index (χ4v) is 4.69. The van der Waals surface area contributed by atoms with Crippen molar-refractivity contribution >= 4 is 38.9 Å². The number of carbonyl (C=O) groups is 1. The Morgan fingerprint density at radius 3 is 3.00 bits per heavy atom. The van der Waals surface area contributed by atoms with Gasteiger partial charge in [-0.25, -0.2) is 0 Å². The van der Waals surface area contributed by atoms with Gasteiger partial charge in [-0.05, 0) is 47.0 Å². The maximum atomic E-state index is 13.0. The van der Waals surface area contributed by atoms with Crippen LogP contribution in [0.2, 0.25) is 0 Å². The third-order valence-electron chi connectivity index (χ3n) is 4.30. The third-order valence-corrected chi connectivity index (χ3v) is 6.05. The van der Waals surface area contributed by atoms with E-state index in [4.69, 9.17) is 4.74 Å². The van der Waals surface area contributed by atoms with Gasteiger partial charge in [0.15, 0.2) is 0 Å². The van der Waals surface area contributed by atoms with Crippen molar-refractivity contribution in [2.45, 2.75) is 25.1 Å². The van der Waals surface area contributed by atoms with Crippen molar-refractivity contribution < 1.29 is 9.53 Å². The summed E-state index contributed by atoms with van der Waals surface area (Å²) in [5, 5.41) is 5.57. The molecule has 1 saturated heterocycles. The first-order chi connectivity index (χ1) is 11.2. The van der Waals surface area contributed by atoms with Crippen LogP contribution in [0.3, 0.4) is 0 Å². The molecule has 1 fully saturated rings. The number of amides is 1. The molecule has 3 heterocycles. The van der Waals surface area contributed by atoms with Gasteiger partial charge in [0.1, 0.15) is 6.17 Å². The Morgan fingerprint density at radius 2 is 2.26 bits per heavy atom. The van der Waals surface area contributed by atoms with E-state index in [1.807, 2.05) is 34.5 Å². The number of halogens is 1. The number of hydrogen-bond acceptors (Lipinski definition) is 4. The molecule has 1 N–H and O–H groups in total. The van der Waals surface area contributed by atoms with E-state index in [1.165, 1.54) is 0 Å². The molecular formula is C17H17BrN2O2S. The van der Waals surface area contributed by atoms with Crippen molar-refractivity contribution in [2.24, 2.45) is 0 Å². The highest BCUT2D eigenvalue weighted by molar-refractivity contribution is 9.10. The summed E-state index contributed by atoms with van der Waals surface area (Å²) in [4.78, 5) is 16.1. The number of rotatable bonds is 3. The van der Waals surface area contributed by atoms with Gasteiger partial charge in [0, 0.05) is 33.6 Å². The molecule has 2 aliphatic heterocycles. The van der Waals surface area contributed by atoms with E-state index in [2.05, 4.69) is 27.3 Å². The molecule has 6 heteroatoms. The van der Waals surface area contributed by atoms with E-state index in [0.29, 0.717) is 6.54 Å². The summed E-state index contributed by atoms with van der Waals surface area (Å²) in [6.07, 6.45) is 2.09. The summed E-state index contributed by atoms with van der Waals surface area (Å²) in [6, 6.07) is 9.78. The smallest absolute Gasteiger partial charge is 0.257 e. The number of thiophene rings is 1. The van der Waals surface area contributed by atoms with Crippen LogP contribution < -0.4 is 5.32 Å². The van der Waals surface area contributed by atoms with Crippen LogP contribution in [0.5, 0.6) is 0 Å². The zero-order valence-corrected chi connectivity index (χ0v) is 14.9. The fraction of sp³-hybridized carbons (Fsp3) is 0.353. The van der Waals surface area contributed by atoms with Crippen LogP contribution in [0, 0.1) is 0 Å². The number of para-hydroxylation sites is 1. The highest BCUT2D eigenvalue weighted by Gasteiger charge is 2.35. The normalized spacial score (nSPS) is 23.7. The molecule has 23 heavy (non-hydrogen) atoms. The van der Waals surface area contributed by atoms with Gasteiger partial charge in [-0.15, -0.1) is 11.3 Å². The lowest BCUT2D eigenvalue weighted by atomic mass is 10.1. The number of carbonyl (C=O) groups excluding carboxylic acids is 1. The Balaban J connectivity index is 1.70. The van der Waals surface area contributed by atoms with Crippen molar-refractivity contribution in [2.75, 3.05) is 18.5 Å². The van der Waals surface area contributed by atoms with E-state index >= 15 is 0 Å². The molecule has 0 spiro atoms. The summed E-state index contributed by atoms with van der Waals surface area (Å²) in [5.41, 5.74) is 1.63. The average molecular weight is 393 g/mol. The molecule has 0 bridgehead atoms. The SMILES string of the molecule is O=C1c2ccccc2N[C@H](c2cc(Br)cs2)N1C[C@H]1CCCO1. The molecule has 2 aliphatic rings. The van der Waals surface area contributed by atoms with E-state index in [0.717, 1.165) is 40.0 Å². The molecule has 2 aromatic rings. The summed E-state index contributed by atoms with van der Waals surface area (Å²) in [6.45, 7) is 1.42. The standard InChI is InChI=1S/C17H17BrN2O2S/c18-11-8-15(23-10-11)16-19-14-6-2-1-5-13(14)17(21)20(16)9-12-4-3-7-22-12/h1-2,5-6,8,10,12,16,19H,3-4,7,9H2/t12-,16+/m1/s1. The maximum Gasteiger partial charge on any atom is 0.257 e. The largest absolute Gasteiger partial charge is 0.376 e. The summed E-state index contributed by atoms with van der Waals surface area (Å²) in [7, 11) is 0. The van der Waals surface area contributed by atoms with Gasteiger partial charge in [-0.3, -0.25) is 4.79 Å². The molecular weight excluding hydrogens is 376 g/mol. The Morgan fingerprint density at radius 1 is 1.39 bits per heavy atom. The van der Waals surface area contributed by atoms with Gasteiger partial charge in [0.25, 0.3) is 5.91 Å². The van der Waals surface area contributed by atoms with E-state index in [-0.39, 0.29) is 18.2 Å². The lowest BCUT2D eigenvalue weighted by Crippen LogP contribution is -2.46. The number of anilines is 1. The van der Waals surface area contributed by atoms with Gasteiger partial charge >= 0.3 is 0 Å². The molecule has 1 aromatic carbocycles. The van der Waals surface area contributed by atoms with Crippen LogP contribution in [0.25, 0.3) is 0 Å². The van der Waals surface area contributed by atoms with Crippen LogP contribution in [0.1, 0.15) is 34.2 Å². The van der Waals surface area contributed by atoms with Crippen molar-refractivity contribution in [1.29, 1.82) is 0 Å². The molecule has 0 radical (unpaired) electrons. The maximum absolute atomic E-state index is 13.0. The lowest BCUT2D eigenvalue weighted by Gasteiger charge is -2.38. The molecule has 1 aromatic heterocycles. The van der Waals surface area contributed by atoms with Crippen molar-refractivity contribution in [3.8, 4) is 0 Å². The minimum atomic E-state index is -0.141. The van der Waals surface area contributed by atoms with E-state index in [1.54, 1.807) is 11.3 Å². The molecule has 120 valence electrons. The Hall–Kier alpha value is -1.37. The van der Waals surface area contributed by atoms with Gasteiger partial charge in [0.2, 0.25) is 0 Å². The Kier molecular flexibility index (Phi) is 4.13. The topological polar surface area (TPSA) is 41.6 Å². The van der Waals surface area contributed by atoms with Crippen LogP contribution in [-0.4, -0.2) is 30.1 Å². The number of nitrogens with zero attached hydrogens (tertiary/aromatic N) is 1.